The van der Waals surface area contributed by atoms with E-state index in [1.807, 2.05) is 0 Å². The summed E-state index contributed by atoms with van der Waals surface area (Å²) >= 11 is 14.6. The van der Waals surface area contributed by atoms with Crippen molar-refractivity contribution < 1.29 is 54.9 Å². The number of benzene rings is 2. The van der Waals surface area contributed by atoms with Gasteiger partial charge in [0.25, 0.3) is 0 Å². The monoisotopic (exact) mass is 756 g/mol. The fraction of sp³-hybridized carbons (Fsp3) is 0.267. The second kappa shape index (κ2) is 15.8. The van der Waals surface area contributed by atoms with Gasteiger partial charge in [0.1, 0.15) is 23.7 Å². The van der Waals surface area contributed by atoms with Gasteiger partial charge in [0.05, 0.1) is 21.2 Å². The standard InChI is InChI=1S/C30H24Cl2F6N2O6S2/c31-19-9-17(29(33,34)35)1-3-21(19)43-23(15-5-7-47-13-15)11-25(39)45-27(41)28(42)46-26(40)12-24(16-6-8-48-14-16)44-22-4-2-18(10-20(22)32)30(36,37)38/h1-10,13-14,23-26H,11-12,39-40H2. The van der Waals surface area contributed by atoms with Crippen LogP contribution in [0.5, 0.6) is 11.5 Å². The number of hydrogen-bond acceptors (Lipinski definition) is 10. The lowest BCUT2D eigenvalue weighted by Gasteiger charge is -2.24. The summed E-state index contributed by atoms with van der Waals surface area (Å²) in [6, 6.07) is 8.37. The molecule has 18 heteroatoms. The number of carbonyl (C=O) groups is 2. The van der Waals surface area contributed by atoms with Gasteiger partial charge in [0, 0.05) is 24.0 Å². The molecule has 4 atom stereocenters. The molecule has 48 heavy (non-hydrogen) atoms. The molecule has 0 amide bonds. The first kappa shape index (κ1) is 37.3. The Morgan fingerprint density at radius 1 is 0.667 bits per heavy atom. The van der Waals surface area contributed by atoms with Crippen LogP contribution in [0.2, 0.25) is 10.0 Å². The lowest BCUT2D eigenvalue weighted by Crippen LogP contribution is -2.37. The molecule has 0 aliphatic carbocycles. The van der Waals surface area contributed by atoms with Crippen LogP contribution in [-0.4, -0.2) is 24.4 Å². The first-order valence-corrected chi connectivity index (χ1v) is 16.2. The van der Waals surface area contributed by atoms with Gasteiger partial charge in [-0.1, -0.05) is 23.2 Å². The van der Waals surface area contributed by atoms with Crippen molar-refractivity contribution in [2.45, 2.75) is 49.9 Å². The first-order chi connectivity index (χ1) is 22.5. The molecule has 8 nitrogen and oxygen atoms in total. The number of halogens is 8. The zero-order chi connectivity index (χ0) is 35.2. The quantitative estimate of drug-likeness (QED) is 0.0639. The zero-order valence-corrected chi connectivity index (χ0v) is 27.2. The zero-order valence-electron chi connectivity index (χ0n) is 24.1. The van der Waals surface area contributed by atoms with Crippen molar-refractivity contribution in [2.75, 3.05) is 0 Å². The minimum Gasteiger partial charge on any atom is -0.484 e. The number of hydrogen-bond donors (Lipinski definition) is 2. The third-order valence-corrected chi connectivity index (χ3v) is 8.46. The molecule has 4 rings (SSSR count). The fourth-order valence-corrected chi connectivity index (χ4v) is 6.02. The van der Waals surface area contributed by atoms with Gasteiger partial charge in [-0.2, -0.15) is 49.0 Å². The Kier molecular flexibility index (Phi) is 12.3. The van der Waals surface area contributed by atoms with Crippen LogP contribution in [0.15, 0.2) is 70.1 Å². The van der Waals surface area contributed by atoms with E-state index >= 15 is 0 Å². The summed E-state index contributed by atoms with van der Waals surface area (Å²) in [6.07, 6.45) is -14.6. The first-order valence-electron chi connectivity index (χ1n) is 13.5. The van der Waals surface area contributed by atoms with Gasteiger partial charge in [-0.05, 0) is 70.1 Å². The molecule has 2 aromatic carbocycles. The van der Waals surface area contributed by atoms with Crippen molar-refractivity contribution in [1.29, 1.82) is 0 Å². The van der Waals surface area contributed by atoms with Crippen LogP contribution in [0.3, 0.4) is 0 Å². The average molecular weight is 758 g/mol. The lowest BCUT2D eigenvalue weighted by molar-refractivity contribution is -0.175. The van der Waals surface area contributed by atoms with E-state index in [4.69, 9.17) is 53.6 Å². The van der Waals surface area contributed by atoms with Crippen molar-refractivity contribution in [1.82, 2.24) is 0 Å². The van der Waals surface area contributed by atoms with Crippen LogP contribution in [0, 0.1) is 0 Å². The maximum atomic E-state index is 13.0. The van der Waals surface area contributed by atoms with Gasteiger partial charge in [-0.25, -0.2) is 9.59 Å². The van der Waals surface area contributed by atoms with Crippen LogP contribution in [0.4, 0.5) is 26.3 Å². The Bertz CT molecular complexity index is 1570. The molecule has 0 saturated carbocycles. The number of esters is 2. The van der Waals surface area contributed by atoms with Crippen LogP contribution < -0.4 is 20.9 Å². The van der Waals surface area contributed by atoms with Crippen molar-refractivity contribution in [3.8, 4) is 11.5 Å². The maximum absolute atomic E-state index is 13.0. The predicted molar refractivity (Wildman–Crippen MR) is 166 cm³/mol. The fourth-order valence-electron chi connectivity index (χ4n) is 4.16. The minimum absolute atomic E-state index is 0.0928. The summed E-state index contributed by atoms with van der Waals surface area (Å²) in [5, 5.41) is 6.11. The van der Waals surface area contributed by atoms with E-state index in [-0.39, 0.29) is 34.4 Å². The second-order valence-corrected chi connectivity index (χ2v) is 12.3. The van der Waals surface area contributed by atoms with Crippen LogP contribution >= 0.6 is 45.9 Å². The van der Waals surface area contributed by atoms with Crippen LogP contribution in [0.1, 0.15) is 47.3 Å². The summed E-state index contributed by atoms with van der Waals surface area (Å²) in [4.78, 5) is 25.1. The highest BCUT2D eigenvalue weighted by molar-refractivity contribution is 7.08. The largest absolute Gasteiger partial charge is 0.484 e. The van der Waals surface area contributed by atoms with Crippen molar-refractivity contribution in [3.63, 3.8) is 0 Å². The summed E-state index contributed by atoms with van der Waals surface area (Å²) in [5.41, 5.74) is 11.0. The van der Waals surface area contributed by atoms with Gasteiger partial charge >= 0.3 is 24.3 Å². The summed E-state index contributed by atoms with van der Waals surface area (Å²) in [6.45, 7) is 0. The molecule has 4 aromatic rings. The highest BCUT2D eigenvalue weighted by Gasteiger charge is 2.33. The number of ether oxygens (including phenoxy) is 4. The Balaban J connectivity index is 1.37. The molecular formula is C30H24Cl2F6N2O6S2. The summed E-state index contributed by atoms with van der Waals surface area (Å²) in [5.74, 6) is -3.20. The molecular weight excluding hydrogens is 733 g/mol. The number of rotatable bonds is 12. The molecule has 2 aromatic heterocycles. The number of thiophene rings is 2. The Morgan fingerprint density at radius 2 is 1.04 bits per heavy atom. The number of alkyl halides is 6. The van der Waals surface area contributed by atoms with Gasteiger partial charge < -0.3 is 18.9 Å². The normalized spacial score (nSPS) is 14.5. The minimum atomic E-state index is -4.62. The molecule has 0 aliphatic heterocycles. The molecule has 0 saturated heterocycles. The van der Waals surface area contributed by atoms with E-state index in [1.54, 1.807) is 33.7 Å². The molecule has 0 fully saturated rings. The third-order valence-electron chi connectivity index (χ3n) is 6.46. The van der Waals surface area contributed by atoms with E-state index in [0.29, 0.717) is 23.3 Å². The van der Waals surface area contributed by atoms with Gasteiger partial charge in [0.15, 0.2) is 12.5 Å². The van der Waals surface area contributed by atoms with Crippen molar-refractivity contribution >= 4 is 57.8 Å². The maximum Gasteiger partial charge on any atom is 0.419 e. The summed E-state index contributed by atoms with van der Waals surface area (Å²) in [7, 11) is 0. The van der Waals surface area contributed by atoms with E-state index in [1.165, 1.54) is 22.7 Å². The molecule has 4 N–H and O–H groups in total. The van der Waals surface area contributed by atoms with E-state index in [2.05, 4.69) is 0 Å². The highest BCUT2D eigenvalue weighted by atomic mass is 35.5. The number of nitrogens with two attached hydrogens (primary N) is 2. The Hall–Kier alpha value is -3.54. The Labute approximate surface area is 287 Å². The lowest BCUT2D eigenvalue weighted by atomic mass is 10.1. The van der Waals surface area contributed by atoms with Crippen molar-refractivity contribution in [2.24, 2.45) is 11.5 Å². The van der Waals surface area contributed by atoms with Crippen LogP contribution in [-0.2, 0) is 31.4 Å². The number of carbonyl (C=O) groups excluding carboxylic acids is 2. The smallest absolute Gasteiger partial charge is 0.419 e. The van der Waals surface area contributed by atoms with E-state index in [0.717, 1.165) is 24.3 Å². The molecule has 258 valence electrons. The molecule has 0 bridgehead atoms. The molecule has 0 radical (unpaired) electrons. The molecule has 0 aliphatic rings. The molecule has 4 unspecified atom stereocenters. The van der Waals surface area contributed by atoms with Crippen molar-refractivity contribution in [3.05, 3.63) is 102 Å². The third kappa shape index (κ3) is 10.2. The summed E-state index contributed by atoms with van der Waals surface area (Å²) < 4.78 is 99.9. The highest BCUT2D eigenvalue weighted by Crippen LogP contribution is 2.39. The van der Waals surface area contributed by atoms with Gasteiger partial charge in [0.2, 0.25) is 0 Å². The van der Waals surface area contributed by atoms with Crippen LogP contribution in [0.25, 0.3) is 0 Å². The van der Waals surface area contributed by atoms with Gasteiger partial charge in [-0.3, -0.25) is 11.5 Å². The molecule has 2 heterocycles. The Morgan fingerprint density at radius 3 is 1.33 bits per heavy atom. The SMILES string of the molecule is NC(CC(Oc1ccc(C(F)(F)F)cc1Cl)c1ccsc1)OC(=O)C(=O)OC(N)CC(Oc1ccc(C(F)(F)F)cc1Cl)c1ccsc1. The van der Waals surface area contributed by atoms with E-state index in [9.17, 15) is 35.9 Å². The molecule has 0 spiro atoms. The van der Waals surface area contributed by atoms with Gasteiger partial charge in [-0.15, -0.1) is 0 Å². The average Bonchev–Trinajstić information content (AvgIpc) is 3.72. The van der Waals surface area contributed by atoms with E-state index < -0.39 is 60.1 Å². The second-order valence-electron chi connectivity index (χ2n) is 9.97. The topological polar surface area (TPSA) is 123 Å². The predicted octanol–water partition coefficient (Wildman–Crippen LogP) is 8.53.